The van der Waals surface area contributed by atoms with Crippen molar-refractivity contribution in [3.05, 3.63) is 59.0 Å². The van der Waals surface area contributed by atoms with E-state index in [-0.39, 0.29) is 11.7 Å². The molecule has 0 fully saturated rings. The number of halogens is 1. The zero-order valence-corrected chi connectivity index (χ0v) is 16.6. The predicted octanol–water partition coefficient (Wildman–Crippen LogP) is 2.09. The molecule has 2 aromatic heterocycles. The number of carbonyl (C=O) groups excluding carboxylic acids is 1. The van der Waals surface area contributed by atoms with Crippen LogP contribution in [0.5, 0.6) is 0 Å². The Hall–Kier alpha value is -2.58. The lowest BCUT2D eigenvalue weighted by Gasteiger charge is -2.16. The first kappa shape index (κ1) is 20.2. The molecule has 2 N–H and O–H groups in total. The van der Waals surface area contributed by atoms with Crippen LogP contribution in [0.3, 0.4) is 0 Å². The number of carbonyl (C=O) groups is 1. The smallest absolute Gasteiger partial charge is 0.275 e. The van der Waals surface area contributed by atoms with Crippen molar-refractivity contribution in [2.45, 2.75) is 26.3 Å². The van der Waals surface area contributed by atoms with Crippen molar-refractivity contribution in [3.63, 3.8) is 0 Å². The summed E-state index contributed by atoms with van der Waals surface area (Å²) >= 11 is 1.54. The van der Waals surface area contributed by atoms with E-state index in [1.807, 2.05) is 17.5 Å². The number of nitrogens with zero attached hydrogens (tertiary/aromatic N) is 2. The number of hydrogen-bond donors (Lipinski definition) is 2. The fourth-order valence-electron chi connectivity index (χ4n) is 2.96. The minimum absolute atomic E-state index is 0.0715. The molecule has 0 bridgehead atoms. The number of nitrogens with one attached hydrogen (secondary N) is 2. The van der Waals surface area contributed by atoms with Gasteiger partial charge in [-0.15, -0.1) is 21.5 Å². The second-order valence-corrected chi connectivity index (χ2v) is 7.47. The van der Waals surface area contributed by atoms with Crippen molar-refractivity contribution in [1.29, 1.82) is 0 Å². The Morgan fingerprint density at radius 2 is 2.11 bits per heavy atom. The molecular formula is C20H24FN4O2S+. The summed E-state index contributed by atoms with van der Waals surface area (Å²) in [4.78, 5) is 14.3. The van der Waals surface area contributed by atoms with Gasteiger partial charge in [0.15, 0.2) is 13.1 Å². The van der Waals surface area contributed by atoms with Gasteiger partial charge < -0.3 is 14.6 Å². The van der Waals surface area contributed by atoms with Crippen molar-refractivity contribution >= 4 is 17.2 Å². The second kappa shape index (κ2) is 10.1. The van der Waals surface area contributed by atoms with Crippen molar-refractivity contribution in [2.24, 2.45) is 0 Å². The number of quaternary nitrogens is 1. The zero-order valence-electron chi connectivity index (χ0n) is 15.8. The minimum atomic E-state index is -0.243. The van der Waals surface area contributed by atoms with Crippen molar-refractivity contribution in [3.8, 4) is 10.8 Å². The largest absolute Gasteiger partial charge is 0.414 e. The number of aromatic nitrogens is 2. The van der Waals surface area contributed by atoms with Crippen LogP contribution in [0, 0.1) is 5.82 Å². The molecule has 1 aromatic carbocycles. The molecule has 148 valence electrons. The summed E-state index contributed by atoms with van der Waals surface area (Å²) in [6.45, 7) is 4.09. The summed E-state index contributed by atoms with van der Waals surface area (Å²) in [5, 5.41) is 13.0. The molecule has 3 rings (SSSR count). The Balaban J connectivity index is 1.49. The van der Waals surface area contributed by atoms with Crippen LogP contribution < -0.4 is 10.2 Å². The standard InChI is InChI=1S/C20H23FN4O2S/c1-2-11-25(14-19-23-24-20(27-19)17-8-5-12-28-17)13-18(26)22-10-9-15-6-3-4-7-16(15)21/h3-8,12H,2,9-11,13-14H2,1H3,(H,22,26)/p+1. The molecule has 0 saturated heterocycles. The highest BCUT2D eigenvalue weighted by atomic mass is 32.1. The highest BCUT2D eigenvalue weighted by Gasteiger charge is 2.18. The van der Waals surface area contributed by atoms with E-state index in [2.05, 4.69) is 22.4 Å². The van der Waals surface area contributed by atoms with E-state index in [4.69, 9.17) is 4.42 Å². The molecule has 0 saturated carbocycles. The van der Waals surface area contributed by atoms with Crippen LogP contribution in [0.25, 0.3) is 10.8 Å². The van der Waals surface area contributed by atoms with E-state index in [1.165, 1.54) is 6.07 Å². The van der Waals surface area contributed by atoms with E-state index < -0.39 is 0 Å². The average molecular weight is 404 g/mol. The van der Waals surface area contributed by atoms with Crippen molar-refractivity contribution < 1.29 is 18.5 Å². The maximum absolute atomic E-state index is 13.6. The molecule has 1 atom stereocenters. The Labute approximate surface area is 167 Å². The molecule has 0 spiro atoms. The zero-order chi connectivity index (χ0) is 19.8. The quantitative estimate of drug-likeness (QED) is 0.544. The van der Waals surface area contributed by atoms with E-state index in [0.717, 1.165) is 22.7 Å². The van der Waals surface area contributed by atoms with Gasteiger partial charge in [-0.1, -0.05) is 31.2 Å². The van der Waals surface area contributed by atoms with Crippen LogP contribution in [0.2, 0.25) is 0 Å². The van der Waals surface area contributed by atoms with Gasteiger partial charge in [0.2, 0.25) is 0 Å². The van der Waals surface area contributed by atoms with Crippen LogP contribution >= 0.6 is 11.3 Å². The molecule has 1 unspecified atom stereocenters. The van der Waals surface area contributed by atoms with Gasteiger partial charge in [0.25, 0.3) is 17.7 Å². The van der Waals surface area contributed by atoms with Crippen LogP contribution in [-0.2, 0) is 17.8 Å². The molecule has 1 amide bonds. The third-order valence-electron chi connectivity index (χ3n) is 4.29. The van der Waals surface area contributed by atoms with E-state index in [1.54, 1.807) is 29.5 Å². The van der Waals surface area contributed by atoms with Gasteiger partial charge in [-0.2, -0.15) is 0 Å². The van der Waals surface area contributed by atoms with Crippen LogP contribution in [0.4, 0.5) is 4.39 Å². The fraction of sp³-hybridized carbons (Fsp3) is 0.350. The van der Waals surface area contributed by atoms with E-state index >= 15 is 0 Å². The molecule has 8 heteroatoms. The Morgan fingerprint density at radius 3 is 2.86 bits per heavy atom. The molecule has 2 heterocycles. The molecular weight excluding hydrogens is 379 g/mol. The average Bonchev–Trinajstić information content (AvgIpc) is 3.35. The summed E-state index contributed by atoms with van der Waals surface area (Å²) in [6.07, 6.45) is 1.40. The van der Waals surface area contributed by atoms with Crippen LogP contribution in [0.15, 0.2) is 46.2 Å². The number of rotatable bonds is 10. The lowest BCUT2D eigenvalue weighted by atomic mass is 10.1. The molecule has 0 aliphatic rings. The van der Waals surface area contributed by atoms with Crippen molar-refractivity contribution in [1.82, 2.24) is 15.5 Å². The molecule has 28 heavy (non-hydrogen) atoms. The highest BCUT2D eigenvalue weighted by molar-refractivity contribution is 7.13. The van der Waals surface area contributed by atoms with Gasteiger partial charge in [-0.25, -0.2) is 4.39 Å². The number of thiophene rings is 1. The number of benzene rings is 1. The number of hydrogen-bond acceptors (Lipinski definition) is 5. The summed E-state index contributed by atoms with van der Waals surface area (Å²) in [6, 6.07) is 10.5. The lowest BCUT2D eigenvalue weighted by molar-refractivity contribution is -0.907. The monoisotopic (exact) mass is 403 g/mol. The molecule has 3 aromatic rings. The lowest BCUT2D eigenvalue weighted by Crippen LogP contribution is -3.12. The van der Waals surface area contributed by atoms with Gasteiger partial charge in [0.05, 0.1) is 11.4 Å². The van der Waals surface area contributed by atoms with Gasteiger partial charge in [-0.05, 0) is 35.9 Å². The first-order valence-corrected chi connectivity index (χ1v) is 10.2. The van der Waals surface area contributed by atoms with Gasteiger partial charge >= 0.3 is 0 Å². The summed E-state index contributed by atoms with van der Waals surface area (Å²) in [5.41, 5.74) is 0.604. The van der Waals surface area contributed by atoms with Gasteiger partial charge in [-0.3, -0.25) is 4.79 Å². The number of amides is 1. The summed E-state index contributed by atoms with van der Waals surface area (Å²) in [7, 11) is 0. The maximum atomic E-state index is 13.6. The van der Waals surface area contributed by atoms with Gasteiger partial charge in [0, 0.05) is 6.54 Å². The Morgan fingerprint density at radius 1 is 1.25 bits per heavy atom. The topological polar surface area (TPSA) is 72.5 Å². The third kappa shape index (κ3) is 5.71. The van der Waals surface area contributed by atoms with Gasteiger partial charge in [0.1, 0.15) is 5.82 Å². The Kier molecular flexibility index (Phi) is 7.27. The first-order chi connectivity index (χ1) is 13.7. The molecule has 6 nitrogen and oxygen atoms in total. The Bertz CT molecular complexity index is 882. The maximum Gasteiger partial charge on any atom is 0.275 e. The van der Waals surface area contributed by atoms with E-state index in [9.17, 15) is 9.18 Å². The molecule has 0 aliphatic heterocycles. The SMILES string of the molecule is CCC[NH+](CC(=O)NCCc1ccccc1F)Cc1nnc(-c2cccs2)o1. The normalized spacial score (nSPS) is 12.1. The molecule has 0 radical (unpaired) electrons. The van der Waals surface area contributed by atoms with Crippen molar-refractivity contribution in [2.75, 3.05) is 19.6 Å². The summed E-state index contributed by atoms with van der Waals surface area (Å²) < 4.78 is 19.4. The summed E-state index contributed by atoms with van der Waals surface area (Å²) in [5.74, 6) is 0.715. The van der Waals surface area contributed by atoms with Crippen LogP contribution in [0.1, 0.15) is 24.8 Å². The first-order valence-electron chi connectivity index (χ1n) is 9.35. The second-order valence-electron chi connectivity index (χ2n) is 6.52. The van der Waals surface area contributed by atoms with E-state index in [0.29, 0.717) is 43.4 Å². The highest BCUT2D eigenvalue weighted by Crippen LogP contribution is 2.22. The minimum Gasteiger partial charge on any atom is -0.414 e. The molecule has 0 aliphatic carbocycles. The fourth-order valence-corrected chi connectivity index (χ4v) is 3.60. The van der Waals surface area contributed by atoms with Crippen LogP contribution in [-0.4, -0.2) is 35.7 Å². The predicted molar refractivity (Wildman–Crippen MR) is 105 cm³/mol. The third-order valence-corrected chi connectivity index (χ3v) is 5.15.